The summed E-state index contributed by atoms with van der Waals surface area (Å²) in [6.45, 7) is 0. The van der Waals surface area contributed by atoms with Crippen molar-refractivity contribution in [3.63, 3.8) is 0 Å². The number of sulfonamides is 1. The van der Waals surface area contributed by atoms with Crippen LogP contribution in [0.15, 0.2) is 27.0 Å². The number of nitrogens with one attached hydrogen (secondary N) is 1. The Balaban J connectivity index is 1.93. The lowest BCUT2D eigenvalue weighted by Gasteiger charge is -2.12. The molecular formula is C12H13BrN2O2S2. The number of aromatic nitrogens is 1. The van der Waals surface area contributed by atoms with Gasteiger partial charge >= 0.3 is 0 Å². The molecule has 0 spiro atoms. The Morgan fingerprint density at radius 2 is 2.05 bits per heavy atom. The van der Waals surface area contributed by atoms with E-state index in [4.69, 9.17) is 0 Å². The summed E-state index contributed by atoms with van der Waals surface area (Å²) in [4.78, 5) is 4.58. The van der Waals surface area contributed by atoms with Crippen LogP contribution >= 0.6 is 27.3 Å². The maximum atomic E-state index is 12.3. The molecule has 0 atom stereocenters. The van der Waals surface area contributed by atoms with E-state index in [0.29, 0.717) is 4.90 Å². The number of hydrogen-bond acceptors (Lipinski definition) is 4. The zero-order chi connectivity index (χ0) is 13.5. The molecule has 1 N–H and O–H groups in total. The number of fused-ring (bicyclic) bond motifs is 1. The molecule has 1 fully saturated rings. The molecule has 1 aromatic carbocycles. The highest BCUT2D eigenvalue weighted by atomic mass is 79.9. The van der Waals surface area contributed by atoms with Crippen molar-refractivity contribution < 1.29 is 8.42 Å². The van der Waals surface area contributed by atoms with Crippen LogP contribution in [0.1, 0.15) is 25.7 Å². The standard InChI is InChI=1S/C12H13BrN2O2S2/c13-12-14-10-6-5-9(7-11(10)18-12)19(16,17)15-8-3-1-2-4-8/h5-8,15H,1-4H2. The van der Waals surface area contributed by atoms with Crippen LogP contribution in [0.25, 0.3) is 10.2 Å². The number of halogens is 1. The van der Waals surface area contributed by atoms with Gasteiger partial charge in [0, 0.05) is 6.04 Å². The Labute approximate surface area is 124 Å². The zero-order valence-electron chi connectivity index (χ0n) is 10.1. The van der Waals surface area contributed by atoms with Crippen molar-refractivity contribution in [2.75, 3.05) is 0 Å². The van der Waals surface area contributed by atoms with Gasteiger partial charge in [-0.05, 0) is 47.0 Å². The van der Waals surface area contributed by atoms with Crippen LogP contribution in [-0.2, 0) is 10.0 Å². The normalized spacial score (nSPS) is 17.3. The number of rotatable bonds is 3. The average molecular weight is 361 g/mol. The van der Waals surface area contributed by atoms with Crippen molar-refractivity contribution >= 4 is 47.5 Å². The monoisotopic (exact) mass is 360 g/mol. The van der Waals surface area contributed by atoms with Crippen LogP contribution in [0.4, 0.5) is 0 Å². The summed E-state index contributed by atoms with van der Waals surface area (Å²) < 4.78 is 29.0. The SMILES string of the molecule is O=S(=O)(NC1CCCC1)c1ccc2nc(Br)sc2c1. The number of benzene rings is 1. The van der Waals surface area contributed by atoms with Crippen LogP contribution in [0.2, 0.25) is 0 Å². The molecule has 4 nitrogen and oxygen atoms in total. The summed E-state index contributed by atoms with van der Waals surface area (Å²) >= 11 is 4.75. The fourth-order valence-electron chi connectivity index (χ4n) is 2.38. The van der Waals surface area contributed by atoms with Crippen LogP contribution < -0.4 is 4.72 Å². The van der Waals surface area contributed by atoms with E-state index in [2.05, 4.69) is 25.6 Å². The van der Waals surface area contributed by atoms with Crippen molar-refractivity contribution in [1.29, 1.82) is 0 Å². The molecule has 3 rings (SSSR count). The predicted octanol–water partition coefficient (Wildman–Crippen LogP) is 3.28. The van der Waals surface area contributed by atoms with Gasteiger partial charge in [-0.25, -0.2) is 18.1 Å². The Hall–Kier alpha value is -0.500. The van der Waals surface area contributed by atoms with E-state index in [1.54, 1.807) is 18.2 Å². The lowest BCUT2D eigenvalue weighted by atomic mass is 10.3. The molecule has 1 heterocycles. The Kier molecular flexibility index (Phi) is 3.63. The summed E-state index contributed by atoms with van der Waals surface area (Å²) in [6.07, 6.45) is 4.09. The van der Waals surface area contributed by atoms with Crippen molar-refractivity contribution in [2.24, 2.45) is 0 Å². The minimum Gasteiger partial charge on any atom is -0.229 e. The Morgan fingerprint density at radius 3 is 2.79 bits per heavy atom. The van der Waals surface area contributed by atoms with Crippen LogP contribution in [0, 0.1) is 0 Å². The third-order valence-electron chi connectivity index (χ3n) is 3.32. The fourth-order valence-corrected chi connectivity index (χ4v) is 5.22. The van der Waals surface area contributed by atoms with E-state index < -0.39 is 10.0 Å². The number of thiazole rings is 1. The first-order chi connectivity index (χ1) is 9.04. The minimum atomic E-state index is -3.41. The van der Waals surface area contributed by atoms with Gasteiger partial charge in [-0.3, -0.25) is 0 Å². The second kappa shape index (κ2) is 5.12. The first-order valence-electron chi connectivity index (χ1n) is 6.13. The van der Waals surface area contributed by atoms with Gasteiger partial charge in [0.2, 0.25) is 10.0 Å². The third-order valence-corrected chi connectivity index (χ3v) is 6.31. The van der Waals surface area contributed by atoms with Crippen LogP contribution in [0.3, 0.4) is 0 Å². The minimum absolute atomic E-state index is 0.0916. The van der Waals surface area contributed by atoms with Crippen molar-refractivity contribution in [3.8, 4) is 0 Å². The molecule has 0 radical (unpaired) electrons. The molecule has 0 aliphatic heterocycles. The molecule has 102 valence electrons. The predicted molar refractivity (Wildman–Crippen MR) is 79.9 cm³/mol. The van der Waals surface area contributed by atoms with Crippen LogP contribution in [0.5, 0.6) is 0 Å². The summed E-state index contributed by atoms with van der Waals surface area (Å²) in [5, 5.41) is 0. The Bertz CT molecular complexity index is 706. The van der Waals surface area contributed by atoms with E-state index in [-0.39, 0.29) is 6.04 Å². The highest BCUT2D eigenvalue weighted by molar-refractivity contribution is 9.11. The zero-order valence-corrected chi connectivity index (χ0v) is 13.3. The molecule has 0 saturated heterocycles. The van der Waals surface area contributed by atoms with E-state index in [0.717, 1.165) is 39.8 Å². The van der Waals surface area contributed by atoms with Crippen molar-refractivity contribution in [3.05, 3.63) is 22.1 Å². The fraction of sp³-hybridized carbons (Fsp3) is 0.417. The van der Waals surface area contributed by atoms with Gasteiger partial charge < -0.3 is 0 Å². The van der Waals surface area contributed by atoms with Gasteiger partial charge in [0.25, 0.3) is 0 Å². The van der Waals surface area contributed by atoms with E-state index in [1.807, 2.05) is 0 Å². The summed E-state index contributed by atoms with van der Waals surface area (Å²) in [5.41, 5.74) is 0.816. The highest BCUT2D eigenvalue weighted by Crippen LogP contribution is 2.28. The van der Waals surface area contributed by atoms with Gasteiger partial charge in [0.1, 0.15) is 0 Å². The second-order valence-electron chi connectivity index (χ2n) is 4.70. The Morgan fingerprint density at radius 1 is 1.32 bits per heavy atom. The number of hydrogen-bond donors (Lipinski definition) is 1. The average Bonchev–Trinajstić information content (AvgIpc) is 2.95. The van der Waals surface area contributed by atoms with E-state index in [9.17, 15) is 8.42 Å². The first kappa shape index (κ1) is 13.5. The second-order valence-corrected chi connectivity index (χ2v) is 8.72. The summed E-state index contributed by atoms with van der Waals surface area (Å²) in [5.74, 6) is 0. The molecule has 0 amide bonds. The van der Waals surface area contributed by atoms with Gasteiger partial charge in [-0.2, -0.15) is 0 Å². The smallest absolute Gasteiger partial charge is 0.229 e. The molecular weight excluding hydrogens is 348 g/mol. The van der Waals surface area contributed by atoms with Crippen molar-refractivity contribution in [1.82, 2.24) is 9.71 Å². The van der Waals surface area contributed by atoms with Gasteiger partial charge in [0.15, 0.2) is 3.92 Å². The van der Waals surface area contributed by atoms with Gasteiger partial charge in [-0.1, -0.05) is 12.8 Å². The van der Waals surface area contributed by atoms with Crippen LogP contribution in [-0.4, -0.2) is 19.4 Å². The topological polar surface area (TPSA) is 59.1 Å². The molecule has 7 heteroatoms. The highest BCUT2D eigenvalue weighted by Gasteiger charge is 2.23. The quantitative estimate of drug-likeness (QED) is 0.913. The first-order valence-corrected chi connectivity index (χ1v) is 9.22. The molecule has 1 aromatic heterocycles. The lowest BCUT2D eigenvalue weighted by molar-refractivity contribution is 0.552. The maximum absolute atomic E-state index is 12.3. The molecule has 1 aliphatic rings. The van der Waals surface area contributed by atoms with E-state index >= 15 is 0 Å². The largest absolute Gasteiger partial charge is 0.240 e. The lowest BCUT2D eigenvalue weighted by Crippen LogP contribution is -2.32. The maximum Gasteiger partial charge on any atom is 0.240 e. The summed E-state index contributed by atoms with van der Waals surface area (Å²) in [6, 6.07) is 5.15. The molecule has 2 aromatic rings. The molecule has 0 unspecified atom stereocenters. The molecule has 1 saturated carbocycles. The third kappa shape index (κ3) is 2.84. The van der Waals surface area contributed by atoms with Gasteiger partial charge in [-0.15, -0.1) is 11.3 Å². The molecule has 19 heavy (non-hydrogen) atoms. The molecule has 0 bridgehead atoms. The summed E-state index contributed by atoms with van der Waals surface area (Å²) in [7, 11) is -3.41. The van der Waals surface area contributed by atoms with Gasteiger partial charge in [0.05, 0.1) is 15.1 Å². The molecule has 1 aliphatic carbocycles. The van der Waals surface area contributed by atoms with Crippen molar-refractivity contribution in [2.45, 2.75) is 36.6 Å². The number of nitrogens with zero attached hydrogens (tertiary/aromatic N) is 1. The van der Waals surface area contributed by atoms with E-state index in [1.165, 1.54) is 11.3 Å².